The summed E-state index contributed by atoms with van der Waals surface area (Å²) in [5.74, 6) is 0.729. The highest BCUT2D eigenvalue weighted by molar-refractivity contribution is 9.10. The predicted molar refractivity (Wildman–Crippen MR) is 90.8 cm³/mol. The van der Waals surface area contributed by atoms with Gasteiger partial charge in [-0.05, 0) is 65.2 Å². The molecule has 1 N–H and O–H groups in total. The van der Waals surface area contributed by atoms with E-state index < -0.39 is 0 Å². The van der Waals surface area contributed by atoms with E-state index in [9.17, 15) is 0 Å². The Bertz CT molecular complexity index is 468. The van der Waals surface area contributed by atoms with Crippen LogP contribution in [0.15, 0.2) is 22.7 Å². The number of rotatable bonds is 6. The molecule has 116 valence electrons. The average Bonchev–Trinajstić information content (AvgIpc) is 3.31. The second kappa shape index (κ2) is 7.12. The molecule has 0 atom stereocenters. The second-order valence-electron chi connectivity index (χ2n) is 6.33. The first-order valence-electron chi connectivity index (χ1n) is 8.02. The van der Waals surface area contributed by atoms with Crippen LogP contribution in [0.25, 0.3) is 0 Å². The van der Waals surface area contributed by atoms with Crippen LogP contribution in [-0.4, -0.2) is 32.8 Å². The Morgan fingerprint density at radius 3 is 2.62 bits per heavy atom. The Morgan fingerprint density at radius 1 is 1.24 bits per heavy atom. The van der Waals surface area contributed by atoms with Crippen LogP contribution in [0.4, 0.5) is 5.69 Å². The summed E-state index contributed by atoms with van der Waals surface area (Å²) in [6.07, 6.45) is 5.14. The highest BCUT2D eigenvalue weighted by atomic mass is 79.9. The molecule has 0 radical (unpaired) electrons. The van der Waals surface area contributed by atoms with Gasteiger partial charge in [0.15, 0.2) is 0 Å². The second-order valence-corrected chi connectivity index (χ2v) is 7.18. The maximum Gasteiger partial charge on any atom is 0.0510 e. The molecule has 4 heteroatoms. The van der Waals surface area contributed by atoms with Gasteiger partial charge in [-0.25, -0.2) is 0 Å². The Morgan fingerprint density at radius 2 is 2.00 bits per heavy atom. The third kappa shape index (κ3) is 4.21. The number of ether oxygens (including phenoxy) is 1. The van der Waals surface area contributed by atoms with E-state index in [1.165, 1.54) is 41.4 Å². The minimum atomic E-state index is 0.729. The molecule has 1 aromatic rings. The van der Waals surface area contributed by atoms with Gasteiger partial charge >= 0.3 is 0 Å². The summed E-state index contributed by atoms with van der Waals surface area (Å²) in [5.41, 5.74) is 2.70. The monoisotopic (exact) mass is 352 g/mol. The van der Waals surface area contributed by atoms with Crippen LogP contribution in [0.5, 0.6) is 0 Å². The molecule has 2 aliphatic rings. The molecule has 0 unspecified atom stereocenters. The molecule has 1 aliphatic carbocycles. The summed E-state index contributed by atoms with van der Waals surface area (Å²) in [6.45, 7) is 4.15. The van der Waals surface area contributed by atoms with Crippen LogP contribution in [-0.2, 0) is 11.3 Å². The Hall–Kier alpha value is -0.580. The molecule has 0 bridgehead atoms. The normalized spacial score (nSPS) is 20.0. The van der Waals surface area contributed by atoms with Crippen molar-refractivity contribution in [2.24, 2.45) is 5.92 Å². The lowest BCUT2D eigenvalue weighted by Gasteiger charge is -2.34. The number of nitrogens with one attached hydrogen (secondary N) is 1. The van der Waals surface area contributed by atoms with E-state index in [4.69, 9.17) is 4.74 Å². The SMILES string of the molecule is COCC1CCN(c2ccc(CNC3CC3)cc2Br)CC1. The number of hydrogen-bond donors (Lipinski definition) is 1. The summed E-state index contributed by atoms with van der Waals surface area (Å²) in [4.78, 5) is 2.49. The molecule has 21 heavy (non-hydrogen) atoms. The van der Waals surface area contributed by atoms with E-state index in [1.54, 1.807) is 7.11 Å². The van der Waals surface area contributed by atoms with Crippen molar-refractivity contribution < 1.29 is 4.74 Å². The van der Waals surface area contributed by atoms with E-state index in [2.05, 4.69) is 44.3 Å². The maximum absolute atomic E-state index is 5.28. The third-order valence-corrected chi connectivity index (χ3v) is 5.18. The predicted octanol–water partition coefficient (Wildman–Crippen LogP) is 3.56. The van der Waals surface area contributed by atoms with Gasteiger partial charge in [-0.2, -0.15) is 0 Å². The van der Waals surface area contributed by atoms with Crippen LogP contribution in [0.3, 0.4) is 0 Å². The fraction of sp³-hybridized carbons (Fsp3) is 0.647. The summed E-state index contributed by atoms with van der Waals surface area (Å²) in [5, 5.41) is 3.57. The van der Waals surface area contributed by atoms with Gasteiger partial charge in [0.25, 0.3) is 0 Å². The van der Waals surface area contributed by atoms with Gasteiger partial charge in [-0.15, -0.1) is 0 Å². The van der Waals surface area contributed by atoms with E-state index in [-0.39, 0.29) is 0 Å². The van der Waals surface area contributed by atoms with Crippen molar-refractivity contribution in [3.63, 3.8) is 0 Å². The molecule has 1 saturated carbocycles. The smallest absolute Gasteiger partial charge is 0.0510 e. The van der Waals surface area contributed by atoms with Crippen molar-refractivity contribution in [3.05, 3.63) is 28.2 Å². The Labute approximate surface area is 136 Å². The lowest BCUT2D eigenvalue weighted by molar-refractivity contribution is 0.139. The molecule has 0 aromatic heterocycles. The van der Waals surface area contributed by atoms with Crippen LogP contribution >= 0.6 is 15.9 Å². The van der Waals surface area contributed by atoms with E-state index in [1.807, 2.05) is 0 Å². The van der Waals surface area contributed by atoms with Crippen LogP contribution in [0.1, 0.15) is 31.2 Å². The first-order chi connectivity index (χ1) is 10.3. The standard InChI is InChI=1S/C17H25BrN2O/c1-21-12-13-6-8-20(9-7-13)17-5-2-14(10-16(17)18)11-19-15-3-4-15/h2,5,10,13,15,19H,3-4,6-9,11-12H2,1H3. The Kier molecular flexibility index (Phi) is 5.19. The van der Waals surface area contributed by atoms with Gasteiger partial charge in [-0.1, -0.05) is 6.07 Å². The zero-order valence-electron chi connectivity index (χ0n) is 12.8. The molecule has 0 spiro atoms. The average molecular weight is 353 g/mol. The largest absolute Gasteiger partial charge is 0.384 e. The number of benzene rings is 1. The van der Waals surface area contributed by atoms with Crippen LogP contribution < -0.4 is 10.2 Å². The summed E-state index contributed by atoms with van der Waals surface area (Å²) >= 11 is 3.76. The van der Waals surface area contributed by atoms with E-state index in [0.29, 0.717) is 0 Å². The van der Waals surface area contributed by atoms with Gasteiger partial charge in [0.2, 0.25) is 0 Å². The van der Waals surface area contributed by atoms with E-state index in [0.717, 1.165) is 38.2 Å². The topological polar surface area (TPSA) is 24.5 Å². The number of nitrogens with zero attached hydrogens (tertiary/aromatic N) is 1. The summed E-state index contributed by atoms with van der Waals surface area (Å²) in [6, 6.07) is 7.57. The fourth-order valence-corrected chi connectivity index (χ4v) is 3.72. The number of piperidine rings is 1. The van der Waals surface area contributed by atoms with Crippen LogP contribution in [0, 0.1) is 5.92 Å². The van der Waals surface area contributed by atoms with Crippen molar-refractivity contribution >= 4 is 21.6 Å². The third-order valence-electron chi connectivity index (χ3n) is 4.54. The first kappa shape index (κ1) is 15.3. The molecule has 1 heterocycles. The number of methoxy groups -OCH3 is 1. The highest BCUT2D eigenvalue weighted by Crippen LogP contribution is 2.31. The molecule has 1 aliphatic heterocycles. The fourth-order valence-electron chi connectivity index (χ4n) is 3.04. The minimum Gasteiger partial charge on any atom is -0.384 e. The van der Waals surface area contributed by atoms with E-state index >= 15 is 0 Å². The molecule has 2 fully saturated rings. The zero-order chi connectivity index (χ0) is 14.7. The number of anilines is 1. The molecule has 1 saturated heterocycles. The van der Waals surface area contributed by atoms with Gasteiger partial charge < -0.3 is 15.0 Å². The Balaban J connectivity index is 1.57. The molecular formula is C17H25BrN2O. The van der Waals surface area contributed by atoms with Gasteiger partial charge in [0.05, 0.1) is 5.69 Å². The van der Waals surface area contributed by atoms with Crippen molar-refractivity contribution in [2.75, 3.05) is 31.7 Å². The molecular weight excluding hydrogens is 328 g/mol. The first-order valence-corrected chi connectivity index (χ1v) is 8.81. The lowest BCUT2D eigenvalue weighted by atomic mass is 9.97. The molecule has 0 amide bonds. The number of halogens is 1. The zero-order valence-corrected chi connectivity index (χ0v) is 14.4. The molecule has 3 nitrogen and oxygen atoms in total. The molecule has 3 rings (SSSR count). The summed E-state index contributed by atoms with van der Waals surface area (Å²) in [7, 11) is 1.80. The van der Waals surface area contributed by atoms with Crippen molar-refractivity contribution in [1.29, 1.82) is 0 Å². The van der Waals surface area contributed by atoms with Crippen molar-refractivity contribution in [2.45, 2.75) is 38.3 Å². The van der Waals surface area contributed by atoms with Crippen LogP contribution in [0.2, 0.25) is 0 Å². The number of hydrogen-bond acceptors (Lipinski definition) is 3. The minimum absolute atomic E-state index is 0.729. The van der Waals surface area contributed by atoms with Gasteiger partial charge in [-0.3, -0.25) is 0 Å². The van der Waals surface area contributed by atoms with Crippen molar-refractivity contribution in [1.82, 2.24) is 5.32 Å². The van der Waals surface area contributed by atoms with Gasteiger partial charge in [0, 0.05) is 43.9 Å². The van der Waals surface area contributed by atoms with Gasteiger partial charge in [0.1, 0.15) is 0 Å². The summed E-state index contributed by atoms with van der Waals surface area (Å²) < 4.78 is 6.50. The van der Waals surface area contributed by atoms with Crippen molar-refractivity contribution in [3.8, 4) is 0 Å². The lowest BCUT2D eigenvalue weighted by Crippen LogP contribution is -2.35. The highest BCUT2D eigenvalue weighted by Gasteiger charge is 2.22. The quantitative estimate of drug-likeness (QED) is 0.846. The maximum atomic E-state index is 5.28. The molecule has 1 aromatic carbocycles.